The number of likely N-dealkylation sites (N-methyl/N-ethyl adjacent to an activating group) is 1. The van der Waals surface area contributed by atoms with Gasteiger partial charge in [0.1, 0.15) is 5.88 Å². The van der Waals surface area contributed by atoms with E-state index >= 15 is 0 Å². The van der Waals surface area contributed by atoms with Gasteiger partial charge in [-0.1, -0.05) is 29.3 Å². The minimum Gasteiger partial charge on any atom is -0.344 e. The lowest BCUT2D eigenvalue weighted by Gasteiger charge is -2.32. The second kappa shape index (κ2) is 6.74. The lowest BCUT2D eigenvalue weighted by atomic mass is 9.82. The largest absolute Gasteiger partial charge is 0.344 e. The fourth-order valence-corrected chi connectivity index (χ4v) is 3.72. The first-order valence-corrected chi connectivity index (χ1v) is 8.10. The second-order valence-electron chi connectivity index (χ2n) is 5.01. The third-order valence-electron chi connectivity index (χ3n) is 3.72. The zero-order valence-electron chi connectivity index (χ0n) is 11.0. The van der Waals surface area contributed by atoms with E-state index in [0.717, 1.165) is 24.0 Å². The molecule has 1 aromatic rings. The normalized spacial score (nSPS) is 21.4. The number of amides is 1. The monoisotopic (exact) mass is 353 g/mol. The van der Waals surface area contributed by atoms with E-state index in [4.69, 9.17) is 46.4 Å². The molecule has 0 heterocycles. The molecule has 0 bridgehead atoms. The highest BCUT2D eigenvalue weighted by Gasteiger charge is 2.30. The fraction of sp³-hybridized carbons (Fsp3) is 0.500. The van der Waals surface area contributed by atoms with Gasteiger partial charge in [-0.15, -0.1) is 23.2 Å². The Kier molecular flexibility index (Phi) is 5.47. The van der Waals surface area contributed by atoms with Crippen LogP contribution in [0.25, 0.3) is 0 Å². The predicted molar refractivity (Wildman–Crippen MR) is 85.4 cm³/mol. The van der Waals surface area contributed by atoms with Crippen molar-refractivity contribution in [3.05, 3.63) is 33.3 Å². The molecule has 1 aliphatic rings. The van der Waals surface area contributed by atoms with E-state index in [1.54, 1.807) is 18.0 Å². The van der Waals surface area contributed by atoms with E-state index in [1.165, 1.54) is 0 Å². The summed E-state index contributed by atoms with van der Waals surface area (Å²) in [6.45, 7) is 0.611. The SMILES string of the molecule is CN(CC1CCC(Cl)c2c1ccc(Cl)c2Cl)C(=O)CCl. The van der Waals surface area contributed by atoms with Gasteiger partial charge in [0.15, 0.2) is 0 Å². The molecule has 0 N–H and O–H groups in total. The van der Waals surface area contributed by atoms with E-state index in [2.05, 4.69) is 0 Å². The van der Waals surface area contributed by atoms with Crippen molar-refractivity contribution in [1.82, 2.24) is 4.90 Å². The average Bonchev–Trinajstić information content (AvgIpc) is 2.44. The molecular weight excluding hydrogens is 340 g/mol. The summed E-state index contributed by atoms with van der Waals surface area (Å²) in [6.07, 6.45) is 1.74. The average molecular weight is 355 g/mol. The molecule has 6 heteroatoms. The standard InChI is InChI=1S/C14H15Cl4NO/c1-19(12(20)6-15)7-8-2-4-10(16)13-9(8)3-5-11(17)14(13)18/h3,5,8,10H,2,4,6-7H2,1H3. The fourth-order valence-electron chi connectivity index (χ4n) is 2.63. The maximum absolute atomic E-state index is 11.6. The highest BCUT2D eigenvalue weighted by atomic mass is 35.5. The predicted octanol–water partition coefficient (Wildman–Crippen LogP) is 4.85. The van der Waals surface area contributed by atoms with Gasteiger partial charge in [0, 0.05) is 19.5 Å². The van der Waals surface area contributed by atoms with Gasteiger partial charge in [-0.25, -0.2) is 0 Å². The molecule has 0 saturated heterocycles. The number of hydrogen-bond acceptors (Lipinski definition) is 1. The van der Waals surface area contributed by atoms with Gasteiger partial charge in [-0.05, 0) is 30.0 Å². The Morgan fingerprint density at radius 3 is 2.70 bits per heavy atom. The summed E-state index contributed by atoms with van der Waals surface area (Å²) in [4.78, 5) is 13.3. The Hall–Kier alpha value is -0.150. The van der Waals surface area contributed by atoms with Crippen LogP contribution in [0.4, 0.5) is 0 Å². The van der Waals surface area contributed by atoms with Crippen molar-refractivity contribution in [2.45, 2.75) is 24.1 Å². The molecule has 2 unspecified atom stereocenters. The lowest BCUT2D eigenvalue weighted by Crippen LogP contribution is -2.33. The summed E-state index contributed by atoms with van der Waals surface area (Å²) in [6, 6.07) is 3.75. The van der Waals surface area contributed by atoms with E-state index in [1.807, 2.05) is 6.07 Å². The van der Waals surface area contributed by atoms with Crippen LogP contribution in [-0.4, -0.2) is 30.3 Å². The maximum Gasteiger partial charge on any atom is 0.237 e. The third kappa shape index (κ3) is 3.19. The van der Waals surface area contributed by atoms with E-state index < -0.39 is 0 Å². The van der Waals surface area contributed by atoms with Crippen molar-refractivity contribution in [3.8, 4) is 0 Å². The number of rotatable bonds is 3. The van der Waals surface area contributed by atoms with Crippen LogP contribution >= 0.6 is 46.4 Å². The first-order valence-electron chi connectivity index (χ1n) is 6.37. The molecule has 2 rings (SSSR count). The van der Waals surface area contributed by atoms with Crippen molar-refractivity contribution in [3.63, 3.8) is 0 Å². The third-order valence-corrected chi connectivity index (χ3v) is 5.21. The molecule has 0 spiro atoms. The lowest BCUT2D eigenvalue weighted by molar-refractivity contribution is -0.127. The van der Waals surface area contributed by atoms with E-state index in [9.17, 15) is 4.79 Å². The minimum absolute atomic E-state index is 0.00438. The first kappa shape index (κ1) is 16.2. The molecule has 0 aromatic heterocycles. The Morgan fingerprint density at radius 1 is 1.35 bits per heavy atom. The summed E-state index contributed by atoms with van der Waals surface area (Å²) < 4.78 is 0. The Balaban J connectivity index is 2.30. The van der Waals surface area contributed by atoms with Crippen molar-refractivity contribution < 1.29 is 4.79 Å². The molecule has 0 saturated carbocycles. The molecule has 2 nitrogen and oxygen atoms in total. The van der Waals surface area contributed by atoms with Gasteiger partial charge in [-0.2, -0.15) is 0 Å². The van der Waals surface area contributed by atoms with Crippen LogP contribution < -0.4 is 0 Å². The zero-order valence-corrected chi connectivity index (χ0v) is 14.0. The molecule has 20 heavy (non-hydrogen) atoms. The van der Waals surface area contributed by atoms with Gasteiger partial charge in [0.25, 0.3) is 0 Å². The number of carbonyl (C=O) groups is 1. The maximum atomic E-state index is 11.6. The number of fused-ring (bicyclic) bond motifs is 1. The molecule has 2 atom stereocenters. The minimum atomic E-state index is -0.124. The van der Waals surface area contributed by atoms with E-state index in [-0.39, 0.29) is 23.1 Å². The highest BCUT2D eigenvalue weighted by molar-refractivity contribution is 6.43. The van der Waals surface area contributed by atoms with Crippen molar-refractivity contribution >= 4 is 52.3 Å². The first-order chi connectivity index (χ1) is 9.45. The smallest absolute Gasteiger partial charge is 0.237 e. The number of benzene rings is 1. The second-order valence-corrected chi connectivity index (χ2v) is 6.59. The molecular formula is C14H15Cl4NO. The molecule has 110 valence electrons. The van der Waals surface area contributed by atoms with Gasteiger partial charge in [-0.3, -0.25) is 4.79 Å². The molecule has 0 radical (unpaired) electrons. The molecule has 1 amide bonds. The number of carbonyl (C=O) groups excluding carboxylic acids is 1. The number of nitrogens with zero attached hydrogens (tertiary/aromatic N) is 1. The van der Waals surface area contributed by atoms with E-state index in [0.29, 0.717) is 16.6 Å². The summed E-state index contributed by atoms with van der Waals surface area (Å²) in [5.41, 5.74) is 1.99. The van der Waals surface area contributed by atoms with Crippen molar-refractivity contribution in [2.24, 2.45) is 0 Å². The van der Waals surface area contributed by atoms with Crippen molar-refractivity contribution in [2.75, 3.05) is 19.5 Å². The van der Waals surface area contributed by atoms with Gasteiger partial charge < -0.3 is 4.90 Å². The van der Waals surface area contributed by atoms with Crippen LogP contribution in [0, 0.1) is 0 Å². The number of halogens is 4. The topological polar surface area (TPSA) is 20.3 Å². The molecule has 1 aromatic carbocycles. The summed E-state index contributed by atoms with van der Waals surface area (Å²) in [5, 5.41) is 0.920. The Labute approximate surface area is 138 Å². The van der Waals surface area contributed by atoms with Crippen LogP contribution in [0.1, 0.15) is 35.3 Å². The zero-order chi connectivity index (χ0) is 14.9. The van der Waals surface area contributed by atoms with Crippen LogP contribution in [0.5, 0.6) is 0 Å². The van der Waals surface area contributed by atoms with Crippen LogP contribution in [-0.2, 0) is 4.79 Å². The van der Waals surface area contributed by atoms with Crippen LogP contribution in [0.2, 0.25) is 10.0 Å². The molecule has 1 aliphatic carbocycles. The van der Waals surface area contributed by atoms with Crippen LogP contribution in [0.3, 0.4) is 0 Å². The Morgan fingerprint density at radius 2 is 2.05 bits per heavy atom. The quantitative estimate of drug-likeness (QED) is 0.710. The number of hydrogen-bond donors (Lipinski definition) is 0. The van der Waals surface area contributed by atoms with Crippen molar-refractivity contribution in [1.29, 1.82) is 0 Å². The summed E-state index contributed by atoms with van der Waals surface area (Å²) in [7, 11) is 1.76. The summed E-state index contributed by atoms with van der Waals surface area (Å²) >= 11 is 24.3. The molecule has 0 aliphatic heterocycles. The number of alkyl halides is 2. The highest BCUT2D eigenvalue weighted by Crippen LogP contribution is 2.46. The van der Waals surface area contributed by atoms with Gasteiger partial charge in [0.05, 0.1) is 15.4 Å². The Bertz CT molecular complexity index is 520. The van der Waals surface area contributed by atoms with Gasteiger partial charge in [0.2, 0.25) is 5.91 Å². The molecule has 0 fully saturated rings. The summed E-state index contributed by atoms with van der Waals surface area (Å²) in [5.74, 6) is 0.128. The van der Waals surface area contributed by atoms with Gasteiger partial charge >= 0.3 is 0 Å². The van der Waals surface area contributed by atoms with Crippen LogP contribution in [0.15, 0.2) is 12.1 Å².